The highest BCUT2D eigenvalue weighted by Gasteiger charge is 2.37. The Morgan fingerprint density at radius 1 is 1.04 bits per heavy atom. The number of hydrogen-bond acceptors (Lipinski definition) is 8. The van der Waals surface area contributed by atoms with Gasteiger partial charge in [0.2, 0.25) is 5.91 Å². The first-order valence-electron chi connectivity index (χ1n) is 16.7. The van der Waals surface area contributed by atoms with Crippen molar-refractivity contribution in [2.75, 3.05) is 26.7 Å². The summed E-state index contributed by atoms with van der Waals surface area (Å²) >= 11 is 0. The van der Waals surface area contributed by atoms with E-state index < -0.39 is 41.8 Å². The SMILES string of the molecule is CCc1nonc1C(=O)N[C@H](C(=O)Cc1ccc([C@H](C)C(NC(=O)C(C)F)C(=O)N2CCN(C)[C@H](C)C2)cc1F)C1CCC(C)CC1. The van der Waals surface area contributed by atoms with Gasteiger partial charge in [-0.2, -0.15) is 0 Å². The molecule has 1 aromatic carbocycles. The van der Waals surface area contributed by atoms with E-state index in [0.29, 0.717) is 43.2 Å². The van der Waals surface area contributed by atoms with Crippen LogP contribution in [-0.2, 0) is 27.2 Å². The maximum atomic E-state index is 15.7. The van der Waals surface area contributed by atoms with Crippen molar-refractivity contribution in [2.45, 2.75) is 103 Å². The van der Waals surface area contributed by atoms with Crippen LogP contribution in [0.4, 0.5) is 8.78 Å². The number of nitrogens with one attached hydrogen (secondary N) is 2. The highest BCUT2D eigenvalue weighted by atomic mass is 19.1. The molecule has 5 atom stereocenters. The van der Waals surface area contributed by atoms with Gasteiger partial charge in [-0.3, -0.25) is 19.2 Å². The highest BCUT2D eigenvalue weighted by Crippen LogP contribution is 2.32. The van der Waals surface area contributed by atoms with Crippen molar-refractivity contribution in [3.05, 3.63) is 46.5 Å². The van der Waals surface area contributed by atoms with Crippen molar-refractivity contribution in [3.63, 3.8) is 0 Å². The van der Waals surface area contributed by atoms with Crippen LogP contribution in [0.2, 0.25) is 0 Å². The molecule has 1 saturated heterocycles. The number of carbonyl (C=O) groups excluding carboxylic acids is 4. The van der Waals surface area contributed by atoms with Crippen molar-refractivity contribution < 1.29 is 32.6 Å². The van der Waals surface area contributed by atoms with Gasteiger partial charge in [-0.1, -0.05) is 50.9 Å². The maximum Gasteiger partial charge on any atom is 0.276 e. The molecule has 1 aromatic heterocycles. The van der Waals surface area contributed by atoms with Crippen LogP contribution >= 0.6 is 0 Å². The van der Waals surface area contributed by atoms with Gasteiger partial charge in [0, 0.05) is 38.0 Å². The Hall–Kier alpha value is -3.74. The molecule has 47 heavy (non-hydrogen) atoms. The highest BCUT2D eigenvalue weighted by molar-refractivity contribution is 5.97. The third kappa shape index (κ3) is 8.79. The Morgan fingerprint density at radius 3 is 2.36 bits per heavy atom. The molecule has 0 spiro atoms. The summed E-state index contributed by atoms with van der Waals surface area (Å²) in [4.78, 5) is 56.8. The van der Waals surface area contributed by atoms with Gasteiger partial charge in [-0.25, -0.2) is 13.4 Å². The van der Waals surface area contributed by atoms with E-state index in [1.54, 1.807) is 17.9 Å². The monoisotopic (exact) mass is 658 g/mol. The van der Waals surface area contributed by atoms with Crippen LogP contribution in [-0.4, -0.2) is 94.6 Å². The number of benzene rings is 1. The number of ketones is 1. The molecule has 13 heteroatoms. The van der Waals surface area contributed by atoms with Crippen molar-refractivity contribution in [1.82, 2.24) is 30.7 Å². The van der Waals surface area contributed by atoms with E-state index in [1.807, 2.05) is 20.9 Å². The molecule has 258 valence electrons. The summed E-state index contributed by atoms with van der Waals surface area (Å²) in [5.41, 5.74) is 0.980. The Kier molecular flexibility index (Phi) is 12.2. The zero-order valence-electron chi connectivity index (χ0n) is 28.2. The lowest BCUT2D eigenvalue weighted by Gasteiger charge is -2.40. The average molecular weight is 659 g/mol. The van der Waals surface area contributed by atoms with Crippen molar-refractivity contribution >= 4 is 23.5 Å². The number of aryl methyl sites for hydroxylation is 1. The van der Waals surface area contributed by atoms with Crippen molar-refractivity contribution in [3.8, 4) is 0 Å². The van der Waals surface area contributed by atoms with Crippen LogP contribution in [0.5, 0.6) is 0 Å². The number of hydrogen-bond donors (Lipinski definition) is 2. The van der Waals surface area contributed by atoms with Crippen LogP contribution in [0.3, 0.4) is 0 Å². The summed E-state index contributed by atoms with van der Waals surface area (Å²) in [6.45, 7) is 10.3. The minimum atomic E-state index is -1.83. The largest absolute Gasteiger partial charge is 0.341 e. The number of aromatic nitrogens is 2. The molecule has 1 aliphatic heterocycles. The summed E-state index contributed by atoms with van der Waals surface area (Å²) in [6, 6.07) is 2.52. The van der Waals surface area contributed by atoms with E-state index in [2.05, 4.69) is 32.8 Å². The van der Waals surface area contributed by atoms with Crippen LogP contribution in [0.1, 0.15) is 93.5 Å². The number of rotatable bonds is 12. The van der Waals surface area contributed by atoms with Gasteiger partial charge in [0.05, 0.1) is 6.04 Å². The number of amides is 3. The number of alkyl halides is 1. The maximum absolute atomic E-state index is 15.7. The number of halogens is 2. The number of nitrogens with zero attached hydrogens (tertiary/aromatic N) is 4. The van der Waals surface area contributed by atoms with E-state index in [4.69, 9.17) is 4.63 Å². The number of piperazine rings is 1. The smallest absolute Gasteiger partial charge is 0.276 e. The first-order valence-corrected chi connectivity index (χ1v) is 16.7. The topological polar surface area (TPSA) is 138 Å². The molecule has 4 rings (SSSR count). The summed E-state index contributed by atoms with van der Waals surface area (Å²) in [6.07, 6.45) is 1.68. The normalized spacial score (nSPS) is 23.0. The van der Waals surface area contributed by atoms with Crippen LogP contribution < -0.4 is 10.6 Å². The molecular formula is C34H48F2N6O5. The van der Waals surface area contributed by atoms with Gasteiger partial charge >= 0.3 is 0 Å². The van der Waals surface area contributed by atoms with Crippen LogP contribution in [0.15, 0.2) is 22.8 Å². The fourth-order valence-corrected chi connectivity index (χ4v) is 6.50. The minimum Gasteiger partial charge on any atom is -0.341 e. The molecule has 1 saturated carbocycles. The van der Waals surface area contributed by atoms with Gasteiger partial charge in [-0.15, -0.1) is 0 Å². The molecule has 2 N–H and O–H groups in total. The first kappa shape index (κ1) is 36.1. The van der Waals surface area contributed by atoms with Gasteiger partial charge in [0.15, 0.2) is 17.6 Å². The molecule has 3 amide bonds. The van der Waals surface area contributed by atoms with E-state index in [0.717, 1.165) is 32.6 Å². The average Bonchev–Trinajstić information content (AvgIpc) is 3.53. The molecular weight excluding hydrogens is 610 g/mol. The Balaban J connectivity index is 1.53. The standard InChI is InChI=1S/C34H48F2N6O5/c1-7-27-31(40-47-39-27)33(45)38-30(23-10-8-19(2)9-11-23)28(43)17-25-13-12-24(16-26(25)36)21(4)29(37-32(44)22(5)35)34(46)42-15-14-41(6)20(3)18-42/h12-13,16,19-23,29-30H,7-11,14-15,17-18H2,1-6H3,(H,37,44)(H,38,45)/t19?,20-,21+,22?,23?,29?,30+/m1/s1. The Bertz CT molecular complexity index is 1430. The van der Waals surface area contributed by atoms with Crippen molar-refractivity contribution in [1.29, 1.82) is 0 Å². The fourth-order valence-electron chi connectivity index (χ4n) is 6.50. The molecule has 2 unspecified atom stereocenters. The third-order valence-corrected chi connectivity index (χ3v) is 9.94. The molecule has 2 fully saturated rings. The molecule has 0 bridgehead atoms. The zero-order chi connectivity index (χ0) is 34.4. The summed E-state index contributed by atoms with van der Waals surface area (Å²) in [5.74, 6) is -3.10. The second kappa shape index (κ2) is 15.9. The van der Waals surface area contributed by atoms with Gasteiger partial charge < -0.3 is 20.4 Å². The number of Topliss-reactive ketones (excluding diaryl/α,β-unsaturated/α-hetero) is 1. The summed E-state index contributed by atoms with van der Waals surface area (Å²) in [7, 11) is 1.97. The van der Waals surface area contributed by atoms with Gasteiger partial charge in [0.25, 0.3) is 11.8 Å². The second-order valence-corrected chi connectivity index (χ2v) is 13.4. The van der Waals surface area contributed by atoms with Gasteiger partial charge in [-0.05, 0) is 74.3 Å². The number of carbonyl (C=O) groups is 4. The molecule has 0 radical (unpaired) electrons. The summed E-state index contributed by atoms with van der Waals surface area (Å²) < 4.78 is 34.4. The molecule has 2 heterocycles. The van der Waals surface area contributed by atoms with Crippen molar-refractivity contribution in [2.24, 2.45) is 11.8 Å². The molecule has 11 nitrogen and oxygen atoms in total. The minimum absolute atomic E-state index is 0.0309. The fraction of sp³-hybridized carbons (Fsp3) is 0.647. The summed E-state index contributed by atoms with van der Waals surface area (Å²) in [5, 5.41) is 12.9. The zero-order valence-corrected chi connectivity index (χ0v) is 28.2. The number of likely N-dealkylation sites (N-methyl/N-ethyl adjacent to an activating group) is 1. The van der Waals surface area contributed by atoms with E-state index >= 15 is 4.39 Å². The molecule has 2 aromatic rings. The lowest BCUT2D eigenvalue weighted by Crippen LogP contribution is -2.58. The Labute approximate surface area is 275 Å². The van der Waals surface area contributed by atoms with Gasteiger partial charge in [0.1, 0.15) is 17.6 Å². The second-order valence-electron chi connectivity index (χ2n) is 13.4. The predicted octanol–water partition coefficient (Wildman–Crippen LogP) is 3.62. The molecule has 2 aliphatic rings. The van der Waals surface area contributed by atoms with E-state index in [9.17, 15) is 23.6 Å². The van der Waals surface area contributed by atoms with E-state index in [-0.39, 0.29) is 41.3 Å². The Morgan fingerprint density at radius 2 is 1.74 bits per heavy atom. The van der Waals surface area contributed by atoms with Crippen LogP contribution in [0, 0.1) is 17.7 Å². The quantitative estimate of drug-likeness (QED) is 0.353. The lowest BCUT2D eigenvalue weighted by atomic mass is 9.77. The first-order chi connectivity index (χ1) is 22.3. The van der Waals surface area contributed by atoms with Crippen LogP contribution in [0.25, 0.3) is 0 Å². The predicted molar refractivity (Wildman–Crippen MR) is 171 cm³/mol. The third-order valence-electron chi connectivity index (χ3n) is 9.94. The van der Waals surface area contributed by atoms with E-state index in [1.165, 1.54) is 12.1 Å². The molecule has 1 aliphatic carbocycles. The lowest BCUT2D eigenvalue weighted by molar-refractivity contribution is -0.140.